The van der Waals surface area contributed by atoms with Gasteiger partial charge in [-0.15, -0.1) is 0 Å². The zero-order valence-corrected chi connectivity index (χ0v) is 16.0. The van der Waals surface area contributed by atoms with Crippen molar-refractivity contribution in [3.8, 4) is 5.75 Å². The highest BCUT2D eigenvalue weighted by atomic mass is 35.5. The fourth-order valence-corrected chi connectivity index (χ4v) is 3.34. The van der Waals surface area contributed by atoms with Crippen molar-refractivity contribution in [1.82, 2.24) is 0 Å². The topological polar surface area (TPSA) is 119 Å². The third-order valence-electron chi connectivity index (χ3n) is 3.45. The Hall–Kier alpha value is -2.85. The summed E-state index contributed by atoms with van der Waals surface area (Å²) in [6.45, 7) is -0.566. The molecule has 0 spiro atoms. The number of nitrogens with one attached hydrogen (secondary N) is 1. The molecule has 11 heteroatoms. The molecule has 1 amide bonds. The number of nitro benzene ring substituents is 1. The number of anilines is 2. The number of carbonyl (C=O) groups is 1. The van der Waals surface area contributed by atoms with Crippen molar-refractivity contribution in [3.63, 3.8) is 0 Å². The van der Waals surface area contributed by atoms with E-state index in [1.54, 1.807) is 12.1 Å². The Balaban J connectivity index is 2.24. The summed E-state index contributed by atoms with van der Waals surface area (Å²) in [7, 11) is -2.42. The monoisotopic (exact) mass is 413 g/mol. The van der Waals surface area contributed by atoms with Crippen molar-refractivity contribution in [1.29, 1.82) is 0 Å². The quantitative estimate of drug-likeness (QED) is 0.550. The first kappa shape index (κ1) is 20.5. The number of sulfonamides is 1. The fraction of sp³-hybridized carbons (Fsp3) is 0.188. The number of benzene rings is 2. The van der Waals surface area contributed by atoms with Crippen molar-refractivity contribution in [2.24, 2.45) is 0 Å². The van der Waals surface area contributed by atoms with Crippen LogP contribution in [0.5, 0.6) is 5.75 Å². The van der Waals surface area contributed by atoms with Crippen LogP contribution >= 0.6 is 11.6 Å². The zero-order chi connectivity index (χ0) is 20.2. The maximum Gasteiger partial charge on any atom is 0.271 e. The molecule has 0 unspecified atom stereocenters. The van der Waals surface area contributed by atoms with Gasteiger partial charge in [0.15, 0.2) is 0 Å². The smallest absolute Gasteiger partial charge is 0.271 e. The number of hydrogen-bond acceptors (Lipinski definition) is 6. The highest BCUT2D eigenvalue weighted by Gasteiger charge is 2.22. The van der Waals surface area contributed by atoms with E-state index in [0.717, 1.165) is 16.6 Å². The van der Waals surface area contributed by atoms with Crippen LogP contribution in [0.3, 0.4) is 0 Å². The van der Waals surface area contributed by atoms with Crippen LogP contribution < -0.4 is 14.4 Å². The van der Waals surface area contributed by atoms with Gasteiger partial charge in [-0.1, -0.05) is 17.7 Å². The third kappa shape index (κ3) is 5.31. The standard InChI is InChI=1S/C16H16ClN3O6S/c1-26-15-7-6-11(8-14(15)17)18-16(21)10-19(27(2,24)25)12-4-3-5-13(9-12)20(22)23/h3-9H,10H2,1-2H3,(H,18,21). The molecule has 2 aromatic carbocycles. The molecule has 9 nitrogen and oxygen atoms in total. The Bertz CT molecular complexity index is 980. The second-order valence-electron chi connectivity index (χ2n) is 5.44. The Labute approximate surface area is 160 Å². The summed E-state index contributed by atoms with van der Waals surface area (Å²) in [5.41, 5.74) is 0.0661. The molecule has 0 aliphatic heterocycles. The van der Waals surface area contributed by atoms with Gasteiger partial charge in [0.25, 0.3) is 5.69 Å². The van der Waals surface area contributed by atoms with Gasteiger partial charge in [0.1, 0.15) is 12.3 Å². The van der Waals surface area contributed by atoms with Crippen molar-refractivity contribution in [2.45, 2.75) is 0 Å². The van der Waals surface area contributed by atoms with Gasteiger partial charge in [-0.2, -0.15) is 0 Å². The number of amides is 1. The average Bonchev–Trinajstić information content (AvgIpc) is 2.59. The van der Waals surface area contributed by atoms with Crippen LogP contribution in [0.25, 0.3) is 0 Å². The van der Waals surface area contributed by atoms with E-state index in [-0.39, 0.29) is 16.4 Å². The molecule has 0 aliphatic carbocycles. The van der Waals surface area contributed by atoms with Crippen LogP contribution in [0.15, 0.2) is 42.5 Å². The molecule has 0 saturated carbocycles. The van der Waals surface area contributed by atoms with Gasteiger partial charge in [-0.3, -0.25) is 19.2 Å². The van der Waals surface area contributed by atoms with Gasteiger partial charge in [0, 0.05) is 17.8 Å². The van der Waals surface area contributed by atoms with Crippen LogP contribution in [0.1, 0.15) is 0 Å². The van der Waals surface area contributed by atoms with Gasteiger partial charge in [0.05, 0.1) is 29.0 Å². The first-order valence-electron chi connectivity index (χ1n) is 7.47. The lowest BCUT2D eigenvalue weighted by atomic mass is 10.2. The SMILES string of the molecule is COc1ccc(NC(=O)CN(c2cccc([N+](=O)[O-])c2)S(C)(=O)=O)cc1Cl. The van der Waals surface area contributed by atoms with E-state index in [4.69, 9.17) is 16.3 Å². The van der Waals surface area contributed by atoms with Crippen LogP contribution in [0.4, 0.5) is 17.1 Å². The summed E-state index contributed by atoms with van der Waals surface area (Å²) in [4.78, 5) is 22.6. The molecule has 0 fully saturated rings. The van der Waals surface area contributed by atoms with Crippen molar-refractivity contribution < 1.29 is 22.9 Å². The number of methoxy groups -OCH3 is 1. The summed E-state index contributed by atoms with van der Waals surface area (Å²) >= 11 is 5.99. The highest BCUT2D eigenvalue weighted by Crippen LogP contribution is 2.27. The molecule has 0 aliphatic rings. The minimum atomic E-state index is -3.86. The minimum Gasteiger partial charge on any atom is -0.495 e. The zero-order valence-electron chi connectivity index (χ0n) is 14.4. The lowest BCUT2D eigenvalue weighted by Gasteiger charge is -2.21. The van der Waals surface area contributed by atoms with E-state index >= 15 is 0 Å². The molecular formula is C16H16ClN3O6S. The Kier molecular flexibility index (Phi) is 6.24. The average molecular weight is 414 g/mol. The van der Waals surface area contributed by atoms with E-state index in [1.807, 2.05) is 0 Å². The first-order chi connectivity index (χ1) is 12.6. The van der Waals surface area contributed by atoms with Crippen molar-refractivity contribution in [2.75, 3.05) is 29.5 Å². The molecule has 27 heavy (non-hydrogen) atoms. The van der Waals surface area contributed by atoms with E-state index in [0.29, 0.717) is 11.4 Å². The van der Waals surface area contributed by atoms with Gasteiger partial charge >= 0.3 is 0 Å². The van der Waals surface area contributed by atoms with E-state index < -0.39 is 27.4 Å². The molecule has 0 saturated heterocycles. The lowest BCUT2D eigenvalue weighted by molar-refractivity contribution is -0.384. The van der Waals surface area contributed by atoms with Gasteiger partial charge in [-0.05, 0) is 24.3 Å². The summed E-state index contributed by atoms with van der Waals surface area (Å²) in [5.74, 6) is -0.225. The van der Waals surface area contributed by atoms with Gasteiger partial charge in [-0.25, -0.2) is 8.42 Å². The maximum absolute atomic E-state index is 12.3. The lowest BCUT2D eigenvalue weighted by Crippen LogP contribution is -2.37. The van der Waals surface area contributed by atoms with Crippen molar-refractivity contribution in [3.05, 3.63) is 57.6 Å². The fourth-order valence-electron chi connectivity index (χ4n) is 2.24. The molecule has 0 aromatic heterocycles. The maximum atomic E-state index is 12.3. The van der Waals surface area contributed by atoms with Crippen LogP contribution in [-0.4, -0.2) is 39.2 Å². The summed E-state index contributed by atoms with van der Waals surface area (Å²) in [6, 6.07) is 9.56. The molecule has 0 radical (unpaired) electrons. The molecule has 2 rings (SSSR count). The highest BCUT2D eigenvalue weighted by molar-refractivity contribution is 7.92. The predicted molar refractivity (Wildman–Crippen MR) is 102 cm³/mol. The minimum absolute atomic E-state index is 0.00890. The molecule has 0 atom stereocenters. The molecular weight excluding hydrogens is 398 g/mol. The van der Waals surface area contributed by atoms with Crippen LogP contribution in [0.2, 0.25) is 5.02 Å². The number of hydrogen-bond donors (Lipinski definition) is 1. The second-order valence-corrected chi connectivity index (χ2v) is 7.76. The normalized spacial score (nSPS) is 10.9. The van der Waals surface area contributed by atoms with Gasteiger partial charge < -0.3 is 10.1 Å². The number of carbonyl (C=O) groups excluding carboxylic acids is 1. The molecule has 2 aromatic rings. The van der Waals surface area contributed by atoms with Gasteiger partial charge in [0.2, 0.25) is 15.9 Å². The molecule has 144 valence electrons. The number of halogens is 1. The van der Waals surface area contributed by atoms with Crippen LogP contribution in [-0.2, 0) is 14.8 Å². The summed E-state index contributed by atoms with van der Waals surface area (Å²) in [6.07, 6.45) is 0.906. The van der Waals surface area contributed by atoms with Crippen molar-refractivity contribution >= 4 is 44.6 Å². The van der Waals surface area contributed by atoms with E-state index in [1.165, 1.54) is 31.4 Å². The molecule has 1 N–H and O–H groups in total. The number of non-ortho nitro benzene ring substituents is 1. The Morgan fingerprint density at radius 1 is 1.30 bits per heavy atom. The van der Waals surface area contributed by atoms with E-state index in [9.17, 15) is 23.3 Å². The molecule has 0 heterocycles. The Morgan fingerprint density at radius 2 is 2.00 bits per heavy atom. The number of ether oxygens (including phenoxy) is 1. The van der Waals surface area contributed by atoms with Crippen LogP contribution in [0, 0.1) is 10.1 Å². The summed E-state index contributed by atoms with van der Waals surface area (Å²) in [5, 5.41) is 13.7. The number of nitro groups is 1. The largest absolute Gasteiger partial charge is 0.495 e. The molecule has 0 bridgehead atoms. The third-order valence-corrected chi connectivity index (χ3v) is 4.89. The first-order valence-corrected chi connectivity index (χ1v) is 9.70. The van der Waals surface area contributed by atoms with E-state index in [2.05, 4.69) is 5.32 Å². The number of rotatable bonds is 7. The second kappa shape index (κ2) is 8.23. The number of nitrogens with zero attached hydrogens (tertiary/aromatic N) is 2. The summed E-state index contributed by atoms with van der Waals surface area (Å²) < 4.78 is 29.9. The predicted octanol–water partition coefficient (Wildman–Crippen LogP) is 2.66. The Morgan fingerprint density at radius 3 is 2.56 bits per heavy atom.